The zero-order valence-corrected chi connectivity index (χ0v) is 8.05. The Morgan fingerprint density at radius 1 is 1.00 bits per heavy atom. The molecule has 1 aliphatic heterocycles. The maximum atomic E-state index is 9.92. The number of hydrogen-bond donors (Lipinski definition) is 0. The summed E-state index contributed by atoms with van der Waals surface area (Å²) in [4.78, 5) is 19.8. The Kier molecular flexibility index (Phi) is 4.04. The van der Waals surface area contributed by atoms with Gasteiger partial charge in [-0.15, -0.1) is 0 Å². The van der Waals surface area contributed by atoms with Crippen LogP contribution in [0.3, 0.4) is 0 Å². The smallest absolute Gasteiger partial charge is 0.338 e. The molecule has 3 heteroatoms. The Morgan fingerprint density at radius 2 is 1.53 bits per heavy atom. The summed E-state index contributed by atoms with van der Waals surface area (Å²) in [5.41, 5.74) is 1.17. The Balaban J connectivity index is 0.000000151. The molecule has 0 N–H and O–H groups in total. The number of hydrogen-bond acceptors (Lipinski definition) is 3. The molecule has 2 rings (SSSR count). The standard InChI is InChI=1S/C8H8.C4H2O3/c1-2-8-6-4-3-5-7-8;5-3-1-2-4(6)7-3/h2-7H,1H2;1-2H. The van der Waals surface area contributed by atoms with E-state index in [2.05, 4.69) is 11.3 Å². The second-order valence-corrected chi connectivity index (χ2v) is 2.69. The van der Waals surface area contributed by atoms with Crippen molar-refractivity contribution < 1.29 is 14.3 Å². The highest BCUT2D eigenvalue weighted by Crippen LogP contribution is 1.97. The van der Waals surface area contributed by atoms with E-state index in [0.29, 0.717) is 0 Å². The minimum absolute atomic E-state index is 0.579. The molecule has 0 bridgehead atoms. The Morgan fingerprint density at radius 3 is 1.80 bits per heavy atom. The number of rotatable bonds is 1. The number of esters is 2. The molecule has 0 aromatic heterocycles. The topological polar surface area (TPSA) is 43.4 Å². The van der Waals surface area contributed by atoms with E-state index in [1.165, 1.54) is 5.56 Å². The highest BCUT2D eigenvalue weighted by atomic mass is 16.6. The fourth-order valence-corrected chi connectivity index (χ4v) is 0.892. The van der Waals surface area contributed by atoms with Gasteiger partial charge in [-0.3, -0.25) is 0 Å². The van der Waals surface area contributed by atoms with Crippen molar-refractivity contribution in [2.45, 2.75) is 0 Å². The van der Waals surface area contributed by atoms with Gasteiger partial charge >= 0.3 is 11.9 Å². The van der Waals surface area contributed by atoms with Crippen LogP contribution in [0.5, 0.6) is 0 Å². The molecule has 3 nitrogen and oxygen atoms in total. The summed E-state index contributed by atoms with van der Waals surface area (Å²) in [5.74, 6) is -1.16. The monoisotopic (exact) mass is 202 g/mol. The van der Waals surface area contributed by atoms with Crippen molar-refractivity contribution in [1.29, 1.82) is 0 Å². The van der Waals surface area contributed by atoms with Crippen molar-refractivity contribution in [3.8, 4) is 0 Å². The van der Waals surface area contributed by atoms with Gasteiger partial charge < -0.3 is 4.74 Å². The molecule has 0 radical (unpaired) electrons. The second-order valence-electron chi connectivity index (χ2n) is 2.69. The van der Waals surface area contributed by atoms with E-state index in [4.69, 9.17) is 0 Å². The van der Waals surface area contributed by atoms with Gasteiger partial charge in [0.2, 0.25) is 0 Å². The summed E-state index contributed by atoms with van der Waals surface area (Å²) < 4.78 is 3.97. The largest absolute Gasteiger partial charge is 0.387 e. The van der Waals surface area contributed by atoms with Crippen molar-refractivity contribution >= 4 is 18.0 Å². The van der Waals surface area contributed by atoms with Crippen LogP contribution in [0.25, 0.3) is 6.08 Å². The quantitative estimate of drug-likeness (QED) is 0.516. The first-order valence-corrected chi connectivity index (χ1v) is 4.33. The van der Waals surface area contributed by atoms with Crippen molar-refractivity contribution in [1.82, 2.24) is 0 Å². The molecule has 0 saturated carbocycles. The van der Waals surface area contributed by atoms with Crippen LogP contribution in [-0.4, -0.2) is 11.9 Å². The van der Waals surface area contributed by atoms with Gasteiger partial charge in [-0.2, -0.15) is 0 Å². The molecular formula is C12H10O3. The highest BCUT2D eigenvalue weighted by Gasteiger charge is 2.10. The lowest BCUT2D eigenvalue weighted by atomic mass is 10.2. The zero-order chi connectivity index (χ0) is 11.1. The van der Waals surface area contributed by atoms with E-state index in [9.17, 15) is 9.59 Å². The predicted molar refractivity (Wildman–Crippen MR) is 56.8 cm³/mol. The molecule has 0 unspecified atom stereocenters. The van der Waals surface area contributed by atoms with Crippen LogP contribution >= 0.6 is 0 Å². The Hall–Kier alpha value is -2.16. The van der Waals surface area contributed by atoms with Gasteiger partial charge in [-0.1, -0.05) is 43.0 Å². The van der Waals surface area contributed by atoms with Crippen LogP contribution < -0.4 is 0 Å². The molecule has 15 heavy (non-hydrogen) atoms. The molecule has 76 valence electrons. The molecule has 1 heterocycles. The van der Waals surface area contributed by atoms with Gasteiger partial charge in [0.25, 0.3) is 0 Å². The van der Waals surface area contributed by atoms with Crippen LogP contribution in [0.2, 0.25) is 0 Å². The van der Waals surface area contributed by atoms with Gasteiger partial charge in [0.15, 0.2) is 0 Å². The molecule has 0 amide bonds. The molecule has 1 aromatic carbocycles. The fourth-order valence-electron chi connectivity index (χ4n) is 0.892. The molecule has 0 saturated heterocycles. The van der Waals surface area contributed by atoms with E-state index in [-0.39, 0.29) is 0 Å². The van der Waals surface area contributed by atoms with Gasteiger partial charge in [0, 0.05) is 12.2 Å². The molecule has 0 fully saturated rings. The minimum atomic E-state index is -0.579. The highest BCUT2D eigenvalue weighted by molar-refractivity contribution is 6.04. The first kappa shape index (κ1) is 10.9. The summed E-state index contributed by atoms with van der Waals surface area (Å²) >= 11 is 0. The fraction of sp³-hybridized carbons (Fsp3) is 0. The molecule has 1 aliphatic rings. The van der Waals surface area contributed by atoms with E-state index < -0.39 is 11.9 Å². The van der Waals surface area contributed by atoms with E-state index in [1.54, 1.807) is 0 Å². The molecule has 0 aliphatic carbocycles. The summed E-state index contributed by atoms with van der Waals surface area (Å²) in [7, 11) is 0. The Labute approximate surface area is 87.7 Å². The minimum Gasteiger partial charge on any atom is -0.387 e. The first-order chi connectivity index (χ1) is 7.22. The predicted octanol–water partition coefficient (Wildman–Crippen LogP) is 1.96. The lowest BCUT2D eigenvalue weighted by molar-refractivity contribution is -0.150. The number of cyclic esters (lactones) is 2. The van der Waals surface area contributed by atoms with Crippen molar-refractivity contribution in [3.05, 3.63) is 54.6 Å². The summed E-state index contributed by atoms with van der Waals surface area (Å²) in [6, 6.07) is 10.0. The van der Waals surface area contributed by atoms with Crippen LogP contribution in [0.4, 0.5) is 0 Å². The SMILES string of the molecule is C=Cc1ccccc1.O=C1C=CC(=O)O1. The van der Waals surface area contributed by atoms with Crippen molar-refractivity contribution in [3.63, 3.8) is 0 Å². The maximum Gasteiger partial charge on any atom is 0.338 e. The van der Waals surface area contributed by atoms with Crippen LogP contribution in [0, 0.1) is 0 Å². The Bertz CT molecular complexity index is 375. The zero-order valence-electron chi connectivity index (χ0n) is 8.05. The third-order valence-corrected chi connectivity index (χ3v) is 1.59. The van der Waals surface area contributed by atoms with E-state index >= 15 is 0 Å². The maximum absolute atomic E-state index is 9.92. The van der Waals surface area contributed by atoms with Gasteiger partial charge in [-0.05, 0) is 5.56 Å². The summed E-state index contributed by atoms with van der Waals surface area (Å²) in [6.45, 7) is 3.63. The molecular weight excluding hydrogens is 192 g/mol. The third-order valence-electron chi connectivity index (χ3n) is 1.59. The lowest BCUT2D eigenvalue weighted by Crippen LogP contribution is -1.96. The van der Waals surface area contributed by atoms with Crippen LogP contribution in [0.15, 0.2) is 49.1 Å². The van der Waals surface area contributed by atoms with Gasteiger partial charge in [-0.25, -0.2) is 9.59 Å². The number of benzene rings is 1. The first-order valence-electron chi connectivity index (χ1n) is 4.33. The third kappa shape index (κ3) is 4.04. The van der Waals surface area contributed by atoms with Crippen LogP contribution in [-0.2, 0) is 14.3 Å². The van der Waals surface area contributed by atoms with Gasteiger partial charge in [0.05, 0.1) is 0 Å². The lowest BCUT2D eigenvalue weighted by Gasteiger charge is -1.85. The van der Waals surface area contributed by atoms with E-state index in [0.717, 1.165) is 12.2 Å². The normalized spacial score (nSPS) is 12.8. The second kappa shape index (κ2) is 5.54. The summed E-state index contributed by atoms with van der Waals surface area (Å²) in [6.07, 6.45) is 4.00. The molecule has 0 atom stereocenters. The average Bonchev–Trinajstić information content (AvgIpc) is 2.65. The number of ether oxygens (including phenoxy) is 1. The van der Waals surface area contributed by atoms with Crippen molar-refractivity contribution in [2.75, 3.05) is 0 Å². The van der Waals surface area contributed by atoms with Crippen molar-refractivity contribution in [2.24, 2.45) is 0 Å². The van der Waals surface area contributed by atoms with E-state index in [1.807, 2.05) is 36.4 Å². The molecule has 1 aromatic rings. The summed E-state index contributed by atoms with van der Waals surface area (Å²) in [5, 5.41) is 0. The van der Waals surface area contributed by atoms with Gasteiger partial charge in [0.1, 0.15) is 0 Å². The van der Waals surface area contributed by atoms with Crippen LogP contribution in [0.1, 0.15) is 5.56 Å². The number of carbonyl (C=O) groups is 2. The average molecular weight is 202 g/mol. The molecule has 0 spiro atoms. The number of carbonyl (C=O) groups excluding carboxylic acids is 2.